The van der Waals surface area contributed by atoms with Gasteiger partial charge in [0.25, 0.3) is 10.0 Å². The monoisotopic (exact) mass is 304 g/mol. The Labute approximate surface area is 123 Å². The van der Waals surface area contributed by atoms with Crippen LogP contribution in [0, 0.1) is 5.41 Å². The van der Waals surface area contributed by atoms with Crippen molar-refractivity contribution in [2.45, 2.75) is 11.3 Å². The number of nitrogens with zero attached hydrogens (tertiary/aromatic N) is 2. The van der Waals surface area contributed by atoms with Crippen LogP contribution in [0.25, 0.3) is 0 Å². The van der Waals surface area contributed by atoms with E-state index in [0.717, 1.165) is 0 Å². The lowest BCUT2D eigenvalue weighted by Crippen LogP contribution is -2.34. The van der Waals surface area contributed by atoms with Crippen molar-refractivity contribution in [1.29, 1.82) is 5.41 Å². The lowest BCUT2D eigenvalue weighted by Gasteiger charge is -2.24. The Kier molecular flexibility index (Phi) is 4.54. The smallest absolute Gasteiger partial charge is 0.265 e. The third-order valence-corrected chi connectivity index (χ3v) is 4.66. The minimum atomic E-state index is -3.73. The SMILES string of the molecule is N=C(N)CCN(c1ccccc1)S(=O)(=O)c1cccnc1. The molecule has 0 aliphatic rings. The van der Waals surface area contributed by atoms with E-state index in [2.05, 4.69) is 4.98 Å². The quantitative estimate of drug-likeness (QED) is 0.625. The first-order valence-corrected chi connectivity index (χ1v) is 7.76. The van der Waals surface area contributed by atoms with E-state index in [0.29, 0.717) is 5.69 Å². The predicted octanol–water partition coefficient (Wildman–Crippen LogP) is 1.60. The molecule has 0 aliphatic carbocycles. The van der Waals surface area contributed by atoms with E-state index in [1.165, 1.54) is 22.8 Å². The van der Waals surface area contributed by atoms with Gasteiger partial charge in [0.05, 0.1) is 11.5 Å². The molecule has 110 valence electrons. The van der Waals surface area contributed by atoms with Crippen LogP contribution in [0.4, 0.5) is 5.69 Å². The van der Waals surface area contributed by atoms with Gasteiger partial charge in [-0.1, -0.05) is 18.2 Å². The number of hydrogen-bond acceptors (Lipinski definition) is 4. The average molecular weight is 304 g/mol. The molecule has 21 heavy (non-hydrogen) atoms. The maximum Gasteiger partial charge on any atom is 0.265 e. The topological polar surface area (TPSA) is 100 Å². The van der Waals surface area contributed by atoms with Crippen LogP contribution in [0.5, 0.6) is 0 Å². The number of benzene rings is 1. The number of hydrogen-bond donors (Lipinski definition) is 2. The summed E-state index contributed by atoms with van der Waals surface area (Å²) in [7, 11) is -3.73. The number of aromatic nitrogens is 1. The Balaban J connectivity index is 2.42. The lowest BCUT2D eigenvalue weighted by atomic mass is 10.3. The Bertz CT molecular complexity index is 702. The van der Waals surface area contributed by atoms with Crippen LogP contribution in [-0.2, 0) is 10.0 Å². The van der Waals surface area contributed by atoms with E-state index in [1.807, 2.05) is 6.07 Å². The Morgan fingerprint density at radius 3 is 2.48 bits per heavy atom. The molecule has 0 fully saturated rings. The fourth-order valence-corrected chi connectivity index (χ4v) is 3.26. The molecule has 0 saturated carbocycles. The van der Waals surface area contributed by atoms with E-state index in [9.17, 15) is 8.42 Å². The van der Waals surface area contributed by atoms with Gasteiger partial charge in [0, 0.05) is 25.4 Å². The van der Waals surface area contributed by atoms with Crippen LogP contribution in [0.1, 0.15) is 6.42 Å². The molecule has 3 N–H and O–H groups in total. The van der Waals surface area contributed by atoms with Crippen LogP contribution in [-0.4, -0.2) is 25.8 Å². The summed E-state index contributed by atoms with van der Waals surface area (Å²) in [5, 5.41) is 7.30. The zero-order valence-electron chi connectivity index (χ0n) is 11.3. The summed E-state index contributed by atoms with van der Waals surface area (Å²) in [6, 6.07) is 11.8. The largest absolute Gasteiger partial charge is 0.388 e. The van der Waals surface area contributed by atoms with Gasteiger partial charge in [-0.15, -0.1) is 0 Å². The van der Waals surface area contributed by atoms with Crippen molar-refractivity contribution in [3.05, 3.63) is 54.9 Å². The summed E-state index contributed by atoms with van der Waals surface area (Å²) >= 11 is 0. The molecular weight excluding hydrogens is 288 g/mol. The number of nitrogens with two attached hydrogens (primary N) is 1. The van der Waals surface area contributed by atoms with Crippen molar-refractivity contribution in [2.75, 3.05) is 10.8 Å². The molecule has 1 aromatic carbocycles. The molecule has 0 unspecified atom stereocenters. The third-order valence-electron chi connectivity index (χ3n) is 2.85. The highest BCUT2D eigenvalue weighted by molar-refractivity contribution is 7.92. The first kappa shape index (κ1) is 15.0. The minimum Gasteiger partial charge on any atom is -0.388 e. The molecule has 0 bridgehead atoms. The van der Waals surface area contributed by atoms with E-state index >= 15 is 0 Å². The fourth-order valence-electron chi connectivity index (χ4n) is 1.83. The number of rotatable bonds is 6. The zero-order chi connectivity index (χ0) is 15.3. The van der Waals surface area contributed by atoms with E-state index in [4.69, 9.17) is 11.1 Å². The highest BCUT2D eigenvalue weighted by Crippen LogP contribution is 2.23. The maximum atomic E-state index is 12.7. The van der Waals surface area contributed by atoms with Crippen LogP contribution in [0.15, 0.2) is 59.8 Å². The summed E-state index contributed by atoms with van der Waals surface area (Å²) in [6.45, 7) is 0.108. The zero-order valence-corrected chi connectivity index (χ0v) is 12.1. The normalized spacial score (nSPS) is 11.0. The van der Waals surface area contributed by atoms with Crippen LogP contribution in [0.2, 0.25) is 0 Å². The standard InChI is InChI=1S/C14H16N4O2S/c15-14(16)8-10-18(12-5-2-1-3-6-12)21(19,20)13-7-4-9-17-11-13/h1-7,9,11H,8,10H2,(H3,15,16). The molecule has 2 aromatic rings. The van der Waals surface area contributed by atoms with Crippen molar-refractivity contribution in [3.63, 3.8) is 0 Å². The van der Waals surface area contributed by atoms with Gasteiger partial charge >= 0.3 is 0 Å². The first-order valence-electron chi connectivity index (χ1n) is 6.32. The van der Waals surface area contributed by atoms with Crippen LogP contribution >= 0.6 is 0 Å². The summed E-state index contributed by atoms with van der Waals surface area (Å²) in [5.41, 5.74) is 5.88. The second-order valence-electron chi connectivity index (χ2n) is 4.38. The summed E-state index contributed by atoms with van der Waals surface area (Å²) in [4.78, 5) is 3.96. The molecule has 0 saturated heterocycles. The number of amidine groups is 1. The molecule has 6 nitrogen and oxygen atoms in total. The highest BCUT2D eigenvalue weighted by Gasteiger charge is 2.24. The van der Waals surface area contributed by atoms with Crippen LogP contribution < -0.4 is 10.0 Å². The van der Waals surface area contributed by atoms with E-state index in [-0.39, 0.29) is 23.7 Å². The van der Waals surface area contributed by atoms with Gasteiger partial charge in [0.2, 0.25) is 0 Å². The van der Waals surface area contributed by atoms with Gasteiger partial charge in [0.1, 0.15) is 4.90 Å². The lowest BCUT2D eigenvalue weighted by molar-refractivity contribution is 0.590. The van der Waals surface area contributed by atoms with Crippen LogP contribution in [0.3, 0.4) is 0 Å². The molecule has 7 heteroatoms. The van der Waals surface area contributed by atoms with Gasteiger partial charge in [-0.25, -0.2) is 8.42 Å². The van der Waals surface area contributed by atoms with Gasteiger partial charge in [-0.3, -0.25) is 14.7 Å². The molecular formula is C14H16N4O2S. The molecule has 0 atom stereocenters. The second kappa shape index (κ2) is 6.36. The van der Waals surface area contributed by atoms with Crippen molar-refractivity contribution < 1.29 is 8.42 Å². The summed E-state index contributed by atoms with van der Waals surface area (Å²) in [6.07, 6.45) is 2.98. The molecule has 1 aromatic heterocycles. The molecule has 0 amide bonds. The Morgan fingerprint density at radius 1 is 1.19 bits per heavy atom. The van der Waals surface area contributed by atoms with Crippen molar-refractivity contribution in [2.24, 2.45) is 5.73 Å². The van der Waals surface area contributed by atoms with Crippen molar-refractivity contribution in [1.82, 2.24) is 4.98 Å². The summed E-state index contributed by atoms with van der Waals surface area (Å²) < 4.78 is 26.7. The molecule has 1 heterocycles. The van der Waals surface area contributed by atoms with E-state index in [1.54, 1.807) is 30.3 Å². The third kappa shape index (κ3) is 3.57. The minimum absolute atomic E-state index is 0.0580. The second-order valence-corrected chi connectivity index (χ2v) is 6.24. The number of nitrogens with one attached hydrogen (secondary N) is 1. The Morgan fingerprint density at radius 2 is 1.90 bits per heavy atom. The fraction of sp³-hybridized carbons (Fsp3) is 0.143. The Hall–Kier alpha value is -2.41. The number of anilines is 1. The van der Waals surface area contributed by atoms with Crippen molar-refractivity contribution in [3.8, 4) is 0 Å². The van der Waals surface area contributed by atoms with Gasteiger partial charge in [0.15, 0.2) is 0 Å². The van der Waals surface area contributed by atoms with E-state index < -0.39 is 10.0 Å². The van der Waals surface area contributed by atoms with Gasteiger partial charge < -0.3 is 5.73 Å². The van der Waals surface area contributed by atoms with Gasteiger partial charge in [-0.2, -0.15) is 0 Å². The first-order chi connectivity index (χ1) is 10.0. The maximum absolute atomic E-state index is 12.7. The number of pyridine rings is 1. The molecule has 0 spiro atoms. The van der Waals surface area contributed by atoms with Crippen molar-refractivity contribution >= 4 is 21.5 Å². The average Bonchev–Trinajstić information content (AvgIpc) is 2.49. The summed E-state index contributed by atoms with van der Waals surface area (Å²) in [5.74, 6) is -0.0580. The molecule has 0 radical (unpaired) electrons. The predicted molar refractivity (Wildman–Crippen MR) is 81.7 cm³/mol. The molecule has 2 rings (SSSR count). The number of para-hydroxylation sites is 1. The number of sulfonamides is 1. The van der Waals surface area contributed by atoms with Gasteiger partial charge in [-0.05, 0) is 24.3 Å². The highest BCUT2D eigenvalue weighted by atomic mass is 32.2. The molecule has 0 aliphatic heterocycles.